The van der Waals surface area contributed by atoms with Crippen molar-refractivity contribution >= 4 is 29.3 Å². The maximum absolute atomic E-state index is 13.2. The van der Waals surface area contributed by atoms with Crippen molar-refractivity contribution < 1.29 is 66.5 Å². The summed E-state index contributed by atoms with van der Waals surface area (Å²) in [4.78, 5) is 51.0. The summed E-state index contributed by atoms with van der Waals surface area (Å²) < 4.78 is 55.6. The Morgan fingerprint density at radius 1 is 0.492 bits per heavy atom. The van der Waals surface area contributed by atoms with Gasteiger partial charge < -0.3 is 52.7 Å². The van der Waals surface area contributed by atoms with E-state index in [1.807, 2.05) is 0 Å². The normalized spacial score (nSPS) is 15.0. The second kappa shape index (κ2) is 38.9. The zero-order chi connectivity index (χ0) is 46.3. The van der Waals surface area contributed by atoms with E-state index in [1.165, 1.54) is 77.0 Å². The number of anilines is 1. The van der Waals surface area contributed by atoms with Crippen LogP contribution < -0.4 is 10.6 Å². The number of piperidine rings is 1. The fraction of sp³-hybridized carbons (Fsp3) is 0.792. The van der Waals surface area contributed by atoms with Gasteiger partial charge in [-0.2, -0.15) is 0 Å². The molecule has 1 aromatic carbocycles. The maximum atomic E-state index is 13.2. The number of ether oxygens (including phenoxy) is 10. The molecular weight excluding hydrogens is 843 g/mol. The number of hydrogen-bond donors (Lipinski definition) is 2. The van der Waals surface area contributed by atoms with Gasteiger partial charge in [-0.15, -0.1) is 0 Å². The molecule has 1 saturated heterocycles. The summed E-state index contributed by atoms with van der Waals surface area (Å²) in [6.45, 7) is 12.6. The molecule has 2 aliphatic heterocycles. The Morgan fingerprint density at radius 2 is 0.877 bits per heavy atom. The molecule has 1 aromatic rings. The largest absolute Gasteiger partial charge is 0.382 e. The molecule has 1 unspecified atom stereocenters. The molecule has 17 heteroatoms. The van der Waals surface area contributed by atoms with Crippen LogP contribution in [0.1, 0.15) is 124 Å². The molecule has 2 aliphatic rings. The van der Waals surface area contributed by atoms with E-state index in [0.29, 0.717) is 138 Å². The van der Waals surface area contributed by atoms with Crippen molar-refractivity contribution in [1.82, 2.24) is 10.2 Å². The molecular formula is C48H81N3O14. The zero-order valence-electron chi connectivity index (χ0n) is 39.4. The monoisotopic (exact) mass is 924 g/mol. The summed E-state index contributed by atoms with van der Waals surface area (Å²) >= 11 is 0. The number of imide groups is 2. The average Bonchev–Trinajstić information content (AvgIpc) is 3.56. The lowest BCUT2D eigenvalue weighted by molar-refractivity contribution is -0.136. The van der Waals surface area contributed by atoms with E-state index in [2.05, 4.69) is 17.6 Å². The van der Waals surface area contributed by atoms with Gasteiger partial charge in [0.2, 0.25) is 11.8 Å². The fourth-order valence-electron chi connectivity index (χ4n) is 7.22. The van der Waals surface area contributed by atoms with Crippen LogP contribution in [0, 0.1) is 0 Å². The summed E-state index contributed by atoms with van der Waals surface area (Å²) in [5, 5.41) is 5.34. The van der Waals surface area contributed by atoms with Crippen LogP contribution in [0.3, 0.4) is 0 Å². The van der Waals surface area contributed by atoms with E-state index in [0.717, 1.165) is 17.9 Å². The molecule has 1 fully saturated rings. The lowest BCUT2D eigenvalue weighted by Crippen LogP contribution is -2.54. The Labute approximate surface area is 387 Å². The number of hydrogen-bond acceptors (Lipinski definition) is 15. The first-order chi connectivity index (χ1) is 32.0. The summed E-state index contributed by atoms with van der Waals surface area (Å²) in [5.74, 6) is -2.16. The summed E-state index contributed by atoms with van der Waals surface area (Å²) in [7, 11) is 0. The number of nitrogens with one attached hydrogen (secondary N) is 2. The van der Waals surface area contributed by atoms with Crippen molar-refractivity contribution in [2.75, 3.05) is 144 Å². The molecule has 0 radical (unpaired) electrons. The third kappa shape index (κ3) is 26.1. The van der Waals surface area contributed by atoms with Crippen molar-refractivity contribution in [2.45, 2.75) is 109 Å². The molecule has 17 nitrogen and oxygen atoms in total. The standard InChI is InChI=1S/C48H81N3O14/c1-2-3-4-5-6-7-8-9-10-11-12-13-14-21-56-23-25-58-27-29-60-31-33-62-35-37-64-39-40-65-38-36-63-34-32-61-30-28-59-26-24-57-22-20-49-42-17-15-16-41-45(42)48(55)51(47(41)54)43-18-19-44(52)50-46(43)53/h15-17,43,49H,2-14,18-40H2,1H3,(H,50,52,53). The quantitative estimate of drug-likeness (QED) is 0.0594. The highest BCUT2D eigenvalue weighted by atomic mass is 16.6. The lowest BCUT2D eigenvalue weighted by Gasteiger charge is -2.27. The highest BCUT2D eigenvalue weighted by Crippen LogP contribution is 2.32. The predicted octanol–water partition coefficient (Wildman–Crippen LogP) is 5.76. The Hall–Kier alpha value is -3.10. The first-order valence-corrected chi connectivity index (χ1v) is 24.4. The van der Waals surface area contributed by atoms with Gasteiger partial charge in [-0.25, -0.2) is 0 Å². The van der Waals surface area contributed by atoms with Crippen LogP contribution in [0.4, 0.5) is 5.69 Å². The van der Waals surface area contributed by atoms with Crippen LogP contribution in [-0.2, 0) is 57.0 Å². The number of benzene rings is 1. The van der Waals surface area contributed by atoms with Gasteiger partial charge in [0.25, 0.3) is 11.8 Å². The summed E-state index contributed by atoms with van der Waals surface area (Å²) in [6.07, 6.45) is 17.8. The van der Waals surface area contributed by atoms with Gasteiger partial charge in [-0.05, 0) is 25.0 Å². The molecule has 2 N–H and O–H groups in total. The molecule has 0 aliphatic carbocycles. The first kappa shape index (κ1) is 56.2. The van der Waals surface area contributed by atoms with E-state index in [9.17, 15) is 19.2 Å². The van der Waals surface area contributed by atoms with Gasteiger partial charge in [-0.3, -0.25) is 29.4 Å². The number of fused-ring (bicyclic) bond motifs is 1. The molecule has 65 heavy (non-hydrogen) atoms. The zero-order valence-corrected chi connectivity index (χ0v) is 39.4. The van der Waals surface area contributed by atoms with Crippen molar-refractivity contribution in [3.05, 3.63) is 29.3 Å². The van der Waals surface area contributed by atoms with E-state index < -0.39 is 29.7 Å². The van der Waals surface area contributed by atoms with Gasteiger partial charge >= 0.3 is 0 Å². The minimum Gasteiger partial charge on any atom is -0.382 e. The molecule has 372 valence electrons. The fourth-order valence-corrected chi connectivity index (χ4v) is 7.22. The molecule has 0 spiro atoms. The maximum Gasteiger partial charge on any atom is 0.264 e. The van der Waals surface area contributed by atoms with Crippen LogP contribution in [0.2, 0.25) is 0 Å². The van der Waals surface area contributed by atoms with Crippen LogP contribution in [0.5, 0.6) is 0 Å². The van der Waals surface area contributed by atoms with Crippen molar-refractivity contribution in [2.24, 2.45) is 0 Å². The van der Waals surface area contributed by atoms with Crippen molar-refractivity contribution in [1.29, 1.82) is 0 Å². The van der Waals surface area contributed by atoms with Crippen molar-refractivity contribution in [3.63, 3.8) is 0 Å². The number of carbonyl (C=O) groups is 4. The first-order valence-electron chi connectivity index (χ1n) is 24.4. The van der Waals surface area contributed by atoms with E-state index in [-0.39, 0.29) is 24.0 Å². The second-order valence-corrected chi connectivity index (χ2v) is 16.0. The molecule has 2 heterocycles. The molecule has 4 amide bonds. The molecule has 3 rings (SSSR count). The van der Waals surface area contributed by atoms with Crippen LogP contribution >= 0.6 is 0 Å². The van der Waals surface area contributed by atoms with E-state index >= 15 is 0 Å². The Morgan fingerprint density at radius 3 is 1.29 bits per heavy atom. The third-order valence-electron chi connectivity index (χ3n) is 10.8. The van der Waals surface area contributed by atoms with Gasteiger partial charge in [0, 0.05) is 25.3 Å². The number of carbonyl (C=O) groups excluding carboxylic acids is 4. The highest BCUT2D eigenvalue weighted by molar-refractivity contribution is 6.25. The molecule has 0 bridgehead atoms. The minimum absolute atomic E-state index is 0.0670. The van der Waals surface area contributed by atoms with Gasteiger partial charge in [0.1, 0.15) is 6.04 Å². The Balaban J connectivity index is 0.948. The number of amides is 4. The smallest absolute Gasteiger partial charge is 0.264 e. The van der Waals surface area contributed by atoms with E-state index in [1.54, 1.807) is 18.2 Å². The Kier molecular flexibility index (Phi) is 33.7. The summed E-state index contributed by atoms with van der Waals surface area (Å²) in [6, 6.07) is 3.92. The van der Waals surface area contributed by atoms with E-state index in [4.69, 9.17) is 47.4 Å². The van der Waals surface area contributed by atoms with Gasteiger partial charge in [-0.1, -0.05) is 90.0 Å². The Bertz CT molecular complexity index is 1400. The third-order valence-corrected chi connectivity index (χ3v) is 10.8. The SMILES string of the molecule is CCCCCCCCCCCCCCCOCCOCCOCCOCCOCCOCCOCCOCCOCCOCCNc1cccc2c1C(=O)N(C1CCC(=O)NC1=O)C2=O. The number of unbranched alkanes of at least 4 members (excludes halogenated alkanes) is 12. The molecule has 0 saturated carbocycles. The number of nitrogens with zero attached hydrogens (tertiary/aromatic N) is 1. The molecule has 0 aromatic heterocycles. The van der Waals surface area contributed by atoms with Crippen LogP contribution in [0.25, 0.3) is 0 Å². The summed E-state index contributed by atoms with van der Waals surface area (Å²) in [5.41, 5.74) is 0.915. The van der Waals surface area contributed by atoms with Crippen molar-refractivity contribution in [3.8, 4) is 0 Å². The highest BCUT2D eigenvalue weighted by Gasteiger charge is 2.45. The van der Waals surface area contributed by atoms with Gasteiger partial charge in [0.15, 0.2) is 0 Å². The topological polar surface area (TPSA) is 188 Å². The average molecular weight is 924 g/mol. The van der Waals surface area contributed by atoms with Crippen LogP contribution in [0.15, 0.2) is 18.2 Å². The number of rotatable bonds is 46. The minimum atomic E-state index is -1.01. The second-order valence-electron chi connectivity index (χ2n) is 16.0. The predicted molar refractivity (Wildman–Crippen MR) is 245 cm³/mol. The van der Waals surface area contributed by atoms with Crippen LogP contribution in [-0.4, -0.2) is 173 Å². The lowest BCUT2D eigenvalue weighted by atomic mass is 10.0. The van der Waals surface area contributed by atoms with Gasteiger partial charge in [0.05, 0.1) is 137 Å². The molecule has 1 atom stereocenters.